The normalized spacial score (nSPS) is 12.8. The minimum Gasteiger partial charge on any atom is -0.466 e. The van der Waals surface area contributed by atoms with Crippen LogP contribution in [0.25, 0.3) is 0 Å². The van der Waals surface area contributed by atoms with Crippen LogP contribution in [-0.4, -0.2) is 47.4 Å². The fraction of sp³-hybridized carbons (Fsp3) is 0.869. The number of nitrogens with one attached hydrogen (secondary N) is 1. The van der Waals surface area contributed by atoms with Crippen LogP contribution in [0.15, 0.2) is 36.5 Å². The summed E-state index contributed by atoms with van der Waals surface area (Å²) in [6, 6.07) is -0.651. The van der Waals surface area contributed by atoms with E-state index < -0.39 is 12.1 Å². The zero-order valence-corrected chi connectivity index (χ0v) is 44.9. The van der Waals surface area contributed by atoms with Crippen molar-refractivity contribution in [2.75, 3.05) is 13.2 Å². The first-order valence-electron chi connectivity index (χ1n) is 29.8. The second kappa shape index (κ2) is 56.7. The molecule has 0 aliphatic rings. The molecule has 6 nitrogen and oxygen atoms in total. The molecule has 0 saturated carbocycles. The van der Waals surface area contributed by atoms with Gasteiger partial charge in [0.1, 0.15) is 0 Å². The predicted octanol–water partition coefficient (Wildman–Crippen LogP) is 18.4. The van der Waals surface area contributed by atoms with Gasteiger partial charge in [0.25, 0.3) is 0 Å². The van der Waals surface area contributed by atoms with Gasteiger partial charge in [-0.25, -0.2) is 0 Å². The first-order chi connectivity index (χ1) is 33.0. The first-order valence-corrected chi connectivity index (χ1v) is 29.8. The smallest absolute Gasteiger partial charge is 0.305 e. The van der Waals surface area contributed by atoms with Crippen molar-refractivity contribution in [3.05, 3.63) is 36.5 Å². The van der Waals surface area contributed by atoms with Gasteiger partial charge in [0, 0.05) is 12.8 Å². The Morgan fingerprint density at radius 2 is 0.746 bits per heavy atom. The molecular formula is C61H115NO5. The Labute approximate surface area is 417 Å². The van der Waals surface area contributed by atoms with E-state index in [0.29, 0.717) is 19.4 Å². The number of carbonyl (C=O) groups is 2. The second-order valence-corrected chi connectivity index (χ2v) is 20.3. The molecule has 2 atom stereocenters. The number of ether oxygens (including phenoxy) is 1. The highest BCUT2D eigenvalue weighted by molar-refractivity contribution is 5.76. The van der Waals surface area contributed by atoms with Crippen LogP contribution in [0.1, 0.15) is 316 Å². The maximum atomic E-state index is 12.5. The third kappa shape index (κ3) is 53.3. The molecule has 1 amide bonds. The first kappa shape index (κ1) is 65.1. The van der Waals surface area contributed by atoms with Crippen molar-refractivity contribution in [3.8, 4) is 0 Å². The Hall–Kier alpha value is -1.92. The molecule has 3 N–H and O–H groups in total. The van der Waals surface area contributed by atoms with Gasteiger partial charge in [-0.3, -0.25) is 9.59 Å². The maximum absolute atomic E-state index is 12.5. The summed E-state index contributed by atoms with van der Waals surface area (Å²) in [5.74, 6) is -0.134. The number of hydrogen-bond acceptors (Lipinski definition) is 5. The molecule has 0 aliphatic carbocycles. The highest BCUT2D eigenvalue weighted by Gasteiger charge is 2.18. The Balaban J connectivity index is 3.52. The molecule has 394 valence electrons. The van der Waals surface area contributed by atoms with E-state index in [1.165, 1.54) is 218 Å². The summed E-state index contributed by atoms with van der Waals surface area (Å²) in [6.07, 6.45) is 70.3. The second-order valence-electron chi connectivity index (χ2n) is 20.3. The summed E-state index contributed by atoms with van der Waals surface area (Å²) in [7, 11) is 0. The lowest BCUT2D eigenvalue weighted by atomic mass is 10.0. The topological polar surface area (TPSA) is 95.9 Å². The number of allylic oxidation sites excluding steroid dienone is 5. The predicted molar refractivity (Wildman–Crippen MR) is 292 cm³/mol. The monoisotopic (exact) mass is 942 g/mol. The van der Waals surface area contributed by atoms with E-state index in [1.807, 2.05) is 6.08 Å². The molecule has 6 heteroatoms. The minimum absolute atomic E-state index is 0.0401. The molecule has 2 unspecified atom stereocenters. The average molecular weight is 943 g/mol. The summed E-state index contributed by atoms with van der Waals surface area (Å²) >= 11 is 0. The van der Waals surface area contributed by atoms with Gasteiger partial charge in [-0.2, -0.15) is 0 Å². The molecule has 0 heterocycles. The van der Waals surface area contributed by atoms with Gasteiger partial charge in [-0.1, -0.05) is 275 Å². The number of aliphatic hydroxyl groups excluding tert-OH is 2. The lowest BCUT2D eigenvalue weighted by molar-refractivity contribution is -0.143. The summed E-state index contributed by atoms with van der Waals surface area (Å²) in [4.78, 5) is 24.6. The quantitative estimate of drug-likeness (QED) is 0.0321. The number of esters is 1. The molecule has 0 aromatic rings. The van der Waals surface area contributed by atoms with Crippen molar-refractivity contribution in [3.63, 3.8) is 0 Å². The van der Waals surface area contributed by atoms with Crippen molar-refractivity contribution >= 4 is 11.9 Å². The molecule has 67 heavy (non-hydrogen) atoms. The number of aliphatic hydroxyl groups is 2. The number of unbranched alkanes of at least 4 members (excludes halogenated alkanes) is 40. The van der Waals surface area contributed by atoms with E-state index >= 15 is 0 Å². The van der Waals surface area contributed by atoms with Gasteiger partial charge in [-0.15, -0.1) is 0 Å². The molecule has 0 radical (unpaired) electrons. The van der Waals surface area contributed by atoms with E-state index in [-0.39, 0.29) is 18.5 Å². The lowest BCUT2D eigenvalue weighted by Crippen LogP contribution is -2.45. The van der Waals surface area contributed by atoms with Crippen LogP contribution in [0.3, 0.4) is 0 Å². The van der Waals surface area contributed by atoms with Crippen LogP contribution in [0.5, 0.6) is 0 Å². The molecule has 0 aromatic heterocycles. The summed E-state index contributed by atoms with van der Waals surface area (Å²) < 4.78 is 5.45. The zero-order valence-electron chi connectivity index (χ0n) is 44.9. The SMILES string of the molecule is CCCCCC/C=C\C/C=C\CCCCCCCC(=O)OCCCCCCCCCCCC(=O)NC(CO)C(O)/C=C/CCCCCCCCCCCCCCCCCCCCCCCCC. The van der Waals surface area contributed by atoms with Crippen molar-refractivity contribution in [2.24, 2.45) is 0 Å². The highest BCUT2D eigenvalue weighted by atomic mass is 16.5. The highest BCUT2D eigenvalue weighted by Crippen LogP contribution is 2.17. The molecule has 0 fully saturated rings. The van der Waals surface area contributed by atoms with Crippen LogP contribution in [0, 0.1) is 0 Å². The van der Waals surface area contributed by atoms with Crippen LogP contribution in [-0.2, 0) is 14.3 Å². The van der Waals surface area contributed by atoms with Gasteiger partial charge in [0.05, 0.1) is 25.4 Å². The lowest BCUT2D eigenvalue weighted by Gasteiger charge is -2.20. The number of carbonyl (C=O) groups excluding carboxylic acids is 2. The van der Waals surface area contributed by atoms with E-state index in [0.717, 1.165) is 70.6 Å². The Morgan fingerprint density at radius 3 is 1.15 bits per heavy atom. The summed E-state index contributed by atoms with van der Waals surface area (Å²) in [5, 5.41) is 23.2. The molecule has 0 aromatic carbocycles. The Kier molecular flexibility index (Phi) is 55.0. The largest absolute Gasteiger partial charge is 0.466 e. The zero-order chi connectivity index (χ0) is 48.6. The van der Waals surface area contributed by atoms with Gasteiger partial charge in [-0.05, 0) is 64.2 Å². The van der Waals surface area contributed by atoms with Crippen molar-refractivity contribution in [1.82, 2.24) is 5.32 Å². The molecular weight excluding hydrogens is 827 g/mol. The number of rotatable bonds is 55. The minimum atomic E-state index is -0.865. The molecule has 0 rings (SSSR count). The van der Waals surface area contributed by atoms with Gasteiger partial charge >= 0.3 is 5.97 Å². The van der Waals surface area contributed by atoms with Crippen LogP contribution < -0.4 is 5.32 Å². The number of hydrogen-bond donors (Lipinski definition) is 3. The van der Waals surface area contributed by atoms with Crippen LogP contribution in [0.4, 0.5) is 0 Å². The standard InChI is InChI=1S/C61H115NO5/c1-3-5-7-9-11-13-15-17-19-21-22-23-24-25-26-27-28-29-30-32-34-37-41-45-49-53-59(64)58(57-63)62-60(65)54-50-46-42-38-36-40-44-48-52-56-67-61(66)55-51-47-43-39-35-33-31-20-18-16-14-12-10-8-6-4-2/h14,16,20,31,49,53,58-59,63-64H,3-13,15,17-19,21-30,32-48,50-52,54-57H2,1-2H3,(H,62,65)/b16-14-,31-20-,53-49+. The summed E-state index contributed by atoms with van der Waals surface area (Å²) in [6.45, 7) is 4.83. The molecule has 0 aliphatic heterocycles. The fourth-order valence-electron chi connectivity index (χ4n) is 9.08. The van der Waals surface area contributed by atoms with Crippen molar-refractivity contribution < 1.29 is 24.5 Å². The van der Waals surface area contributed by atoms with E-state index in [1.54, 1.807) is 6.08 Å². The third-order valence-corrected chi connectivity index (χ3v) is 13.7. The van der Waals surface area contributed by atoms with Gasteiger partial charge < -0.3 is 20.3 Å². The van der Waals surface area contributed by atoms with E-state index in [2.05, 4.69) is 43.5 Å². The molecule has 0 saturated heterocycles. The van der Waals surface area contributed by atoms with Crippen LogP contribution >= 0.6 is 0 Å². The average Bonchev–Trinajstić information content (AvgIpc) is 3.33. The van der Waals surface area contributed by atoms with Crippen molar-refractivity contribution in [2.45, 2.75) is 328 Å². The van der Waals surface area contributed by atoms with Gasteiger partial charge in [0.2, 0.25) is 5.91 Å². The summed E-state index contributed by atoms with van der Waals surface area (Å²) in [5.41, 5.74) is 0. The van der Waals surface area contributed by atoms with E-state index in [9.17, 15) is 19.8 Å². The number of amides is 1. The van der Waals surface area contributed by atoms with Gasteiger partial charge in [0.15, 0.2) is 0 Å². The van der Waals surface area contributed by atoms with Crippen LogP contribution in [0.2, 0.25) is 0 Å². The molecule has 0 spiro atoms. The van der Waals surface area contributed by atoms with E-state index in [4.69, 9.17) is 4.74 Å². The van der Waals surface area contributed by atoms with Crippen molar-refractivity contribution in [1.29, 1.82) is 0 Å². The Bertz CT molecular complexity index is 1090. The Morgan fingerprint density at radius 1 is 0.418 bits per heavy atom. The maximum Gasteiger partial charge on any atom is 0.305 e. The molecule has 0 bridgehead atoms. The fourth-order valence-corrected chi connectivity index (χ4v) is 9.08. The third-order valence-electron chi connectivity index (χ3n) is 13.7.